The van der Waals surface area contributed by atoms with Crippen LogP contribution in [0.2, 0.25) is 0 Å². The topological polar surface area (TPSA) is 124 Å². The third-order valence-electron chi connectivity index (χ3n) is 3.64. The van der Waals surface area contributed by atoms with E-state index in [1.165, 1.54) is 14.2 Å². The number of anilines is 1. The van der Waals surface area contributed by atoms with Crippen molar-refractivity contribution in [1.29, 1.82) is 0 Å². The number of aromatic nitrogens is 1. The third-order valence-corrected chi connectivity index (χ3v) is 3.64. The molecule has 0 bridgehead atoms. The fourth-order valence-electron chi connectivity index (χ4n) is 2.22. The number of methoxy groups -OCH3 is 1. The van der Waals surface area contributed by atoms with Crippen LogP contribution in [0.15, 0.2) is 47.4 Å². The molecule has 0 radical (unpaired) electrons. The molecule has 0 saturated carbocycles. The molecule has 1 N–H and O–H groups in total. The van der Waals surface area contributed by atoms with Crippen LogP contribution in [-0.4, -0.2) is 46.9 Å². The zero-order valence-corrected chi connectivity index (χ0v) is 14.7. The van der Waals surface area contributed by atoms with E-state index < -0.39 is 28.8 Å². The summed E-state index contributed by atoms with van der Waals surface area (Å²) in [5, 5.41) is 13.4. The maximum Gasteiger partial charge on any atom is 0.285 e. The molecule has 0 atom stereocenters. The summed E-state index contributed by atoms with van der Waals surface area (Å²) in [7, 11) is 2.90. The molecule has 10 nitrogen and oxygen atoms in total. The summed E-state index contributed by atoms with van der Waals surface area (Å²) in [6.45, 7) is -0.664. The van der Waals surface area contributed by atoms with Gasteiger partial charge in [0, 0.05) is 30.9 Å². The lowest BCUT2D eigenvalue weighted by Crippen LogP contribution is -2.38. The lowest BCUT2D eigenvalue weighted by Gasteiger charge is -2.17. The van der Waals surface area contributed by atoms with Gasteiger partial charge in [-0.25, -0.2) is 0 Å². The van der Waals surface area contributed by atoms with Gasteiger partial charge in [0.25, 0.3) is 11.2 Å². The SMILES string of the molecule is COc1cccc(NC(=O)CN(C)C(=O)Cn2cc([N+](=O)[O-])ccc2=O)c1. The van der Waals surface area contributed by atoms with Crippen molar-refractivity contribution in [2.24, 2.45) is 0 Å². The van der Waals surface area contributed by atoms with Gasteiger partial charge in [-0.15, -0.1) is 0 Å². The second kappa shape index (κ2) is 8.61. The highest BCUT2D eigenvalue weighted by atomic mass is 16.6. The molecule has 2 aromatic rings. The number of benzene rings is 1. The van der Waals surface area contributed by atoms with Gasteiger partial charge in [0.15, 0.2) is 0 Å². The first-order valence-corrected chi connectivity index (χ1v) is 7.83. The highest BCUT2D eigenvalue weighted by molar-refractivity contribution is 5.94. The van der Waals surface area contributed by atoms with Crippen molar-refractivity contribution in [2.45, 2.75) is 6.54 Å². The van der Waals surface area contributed by atoms with Gasteiger partial charge in [0.05, 0.1) is 24.8 Å². The van der Waals surface area contributed by atoms with E-state index >= 15 is 0 Å². The zero-order chi connectivity index (χ0) is 20.0. The highest BCUT2D eigenvalue weighted by Crippen LogP contribution is 2.16. The predicted octanol–water partition coefficient (Wildman–Crippen LogP) is 0.862. The first kappa shape index (κ1) is 19.6. The Morgan fingerprint density at radius 3 is 2.70 bits per heavy atom. The molecule has 0 unspecified atom stereocenters. The number of hydrogen-bond acceptors (Lipinski definition) is 6. The minimum absolute atomic E-state index is 0.250. The lowest BCUT2D eigenvalue weighted by molar-refractivity contribution is -0.385. The monoisotopic (exact) mass is 374 g/mol. The molecule has 10 heteroatoms. The number of amides is 2. The number of nitro groups is 1. The van der Waals surface area contributed by atoms with Crippen molar-refractivity contribution in [1.82, 2.24) is 9.47 Å². The number of pyridine rings is 1. The molecule has 142 valence electrons. The van der Waals surface area contributed by atoms with E-state index in [9.17, 15) is 24.5 Å². The van der Waals surface area contributed by atoms with Crippen molar-refractivity contribution in [2.75, 3.05) is 26.0 Å². The molecule has 27 heavy (non-hydrogen) atoms. The lowest BCUT2D eigenvalue weighted by atomic mass is 10.3. The van der Waals surface area contributed by atoms with Crippen molar-refractivity contribution in [3.63, 3.8) is 0 Å². The molecule has 0 spiro atoms. The smallest absolute Gasteiger partial charge is 0.285 e. The number of ether oxygens (including phenoxy) is 1. The predicted molar refractivity (Wildman–Crippen MR) is 96.6 cm³/mol. The normalized spacial score (nSPS) is 10.1. The number of rotatable bonds is 7. The summed E-state index contributed by atoms with van der Waals surface area (Å²) in [4.78, 5) is 47.3. The van der Waals surface area contributed by atoms with E-state index in [0.717, 1.165) is 27.8 Å². The highest BCUT2D eigenvalue weighted by Gasteiger charge is 2.16. The minimum atomic E-state index is -0.661. The molecule has 0 saturated heterocycles. The van der Waals surface area contributed by atoms with Crippen LogP contribution in [0, 0.1) is 10.1 Å². The number of likely N-dealkylation sites (N-methyl/N-ethyl adjacent to an activating group) is 1. The summed E-state index contributed by atoms with van der Waals surface area (Å²) in [5.74, 6) is -0.411. The summed E-state index contributed by atoms with van der Waals surface area (Å²) in [6, 6.07) is 8.81. The Kier molecular flexibility index (Phi) is 6.26. The number of nitrogens with zero attached hydrogens (tertiary/aromatic N) is 3. The Hall–Kier alpha value is -3.69. The van der Waals surface area contributed by atoms with Crippen LogP contribution in [0.5, 0.6) is 5.75 Å². The Balaban J connectivity index is 1.99. The van der Waals surface area contributed by atoms with E-state index in [-0.39, 0.29) is 12.2 Å². The van der Waals surface area contributed by atoms with Crippen LogP contribution in [0.3, 0.4) is 0 Å². The van der Waals surface area contributed by atoms with Gasteiger partial charge in [0.2, 0.25) is 11.8 Å². The van der Waals surface area contributed by atoms with Gasteiger partial charge in [-0.2, -0.15) is 0 Å². The quantitative estimate of drug-likeness (QED) is 0.566. The van der Waals surface area contributed by atoms with Crippen LogP contribution in [0.4, 0.5) is 11.4 Å². The standard InChI is InChI=1S/C17H18N4O6/c1-19(10-15(22)18-12-4-3-5-14(8-12)27-2)17(24)11-20-9-13(21(25)26)6-7-16(20)23/h3-9H,10-11H2,1-2H3,(H,18,22). The van der Waals surface area contributed by atoms with Crippen LogP contribution >= 0.6 is 0 Å². The summed E-state index contributed by atoms with van der Waals surface area (Å²) < 4.78 is 5.99. The van der Waals surface area contributed by atoms with Crippen molar-refractivity contribution < 1.29 is 19.2 Å². The number of carbonyl (C=O) groups is 2. The van der Waals surface area contributed by atoms with E-state index in [1.54, 1.807) is 24.3 Å². The molecule has 1 heterocycles. The Bertz CT molecular complexity index is 924. The molecule has 2 rings (SSSR count). The first-order chi connectivity index (χ1) is 12.8. The zero-order valence-electron chi connectivity index (χ0n) is 14.7. The van der Waals surface area contributed by atoms with Crippen LogP contribution in [-0.2, 0) is 16.1 Å². The summed E-state index contributed by atoms with van der Waals surface area (Å²) in [6.07, 6.45) is 0.990. The molecule has 1 aromatic heterocycles. The second-order valence-corrected chi connectivity index (χ2v) is 5.64. The fourth-order valence-corrected chi connectivity index (χ4v) is 2.22. The summed E-state index contributed by atoms with van der Waals surface area (Å²) >= 11 is 0. The van der Waals surface area contributed by atoms with Crippen molar-refractivity contribution >= 4 is 23.2 Å². The second-order valence-electron chi connectivity index (χ2n) is 5.64. The number of carbonyl (C=O) groups excluding carboxylic acids is 2. The Morgan fingerprint density at radius 2 is 2.04 bits per heavy atom. The van der Waals surface area contributed by atoms with Gasteiger partial charge in [-0.1, -0.05) is 6.07 Å². The molecule has 0 aliphatic rings. The molecule has 1 aromatic carbocycles. The molecule has 0 aliphatic carbocycles. The van der Waals surface area contributed by atoms with E-state index in [2.05, 4.69) is 5.32 Å². The minimum Gasteiger partial charge on any atom is -0.497 e. The number of hydrogen-bond donors (Lipinski definition) is 1. The average Bonchev–Trinajstić information content (AvgIpc) is 2.63. The van der Waals surface area contributed by atoms with Gasteiger partial charge >= 0.3 is 0 Å². The van der Waals surface area contributed by atoms with Crippen LogP contribution in [0.25, 0.3) is 0 Å². The van der Waals surface area contributed by atoms with Crippen LogP contribution in [0.1, 0.15) is 0 Å². The van der Waals surface area contributed by atoms with Gasteiger partial charge < -0.3 is 15.0 Å². The maximum atomic E-state index is 12.2. The molecule has 0 aliphatic heterocycles. The van der Waals surface area contributed by atoms with E-state index in [0.29, 0.717) is 11.4 Å². The number of nitrogens with one attached hydrogen (secondary N) is 1. The Morgan fingerprint density at radius 1 is 1.30 bits per heavy atom. The van der Waals surface area contributed by atoms with Gasteiger partial charge in [0.1, 0.15) is 12.3 Å². The van der Waals surface area contributed by atoms with E-state index in [4.69, 9.17) is 4.74 Å². The maximum absolute atomic E-state index is 12.2. The average molecular weight is 374 g/mol. The van der Waals surface area contributed by atoms with E-state index in [1.807, 2.05) is 0 Å². The van der Waals surface area contributed by atoms with Gasteiger partial charge in [-0.3, -0.25) is 29.1 Å². The molecular weight excluding hydrogens is 356 g/mol. The van der Waals surface area contributed by atoms with Crippen molar-refractivity contribution in [3.05, 3.63) is 63.1 Å². The summed E-state index contributed by atoms with van der Waals surface area (Å²) in [5.41, 5.74) is -0.348. The van der Waals surface area contributed by atoms with Crippen molar-refractivity contribution in [3.8, 4) is 5.75 Å². The fraction of sp³-hybridized carbons (Fsp3) is 0.235. The molecule has 2 amide bonds. The van der Waals surface area contributed by atoms with Gasteiger partial charge in [-0.05, 0) is 12.1 Å². The third kappa shape index (κ3) is 5.39. The largest absolute Gasteiger partial charge is 0.497 e. The molecular formula is C17H18N4O6. The Labute approximate surface area is 154 Å². The first-order valence-electron chi connectivity index (χ1n) is 7.83. The van der Waals surface area contributed by atoms with Crippen LogP contribution < -0.4 is 15.6 Å². The molecule has 0 fully saturated rings.